The van der Waals surface area contributed by atoms with Gasteiger partial charge < -0.3 is 11.1 Å². The molecule has 0 saturated heterocycles. The number of Topliss-reactive ketones (excluding diaryl/α,β-unsaturated/α-hetero) is 1. The van der Waals surface area contributed by atoms with Crippen molar-refractivity contribution in [2.24, 2.45) is 7.05 Å². The van der Waals surface area contributed by atoms with Gasteiger partial charge in [-0.1, -0.05) is 43.3 Å². The molecular weight excluding hydrogens is 388 g/mol. The lowest BCUT2D eigenvalue weighted by Crippen LogP contribution is -2.87. The molecule has 0 aliphatic carbocycles. The molecule has 1 aromatic carbocycles. The topological polar surface area (TPSA) is 104 Å². The zero-order valence-electron chi connectivity index (χ0n) is 16.5. The summed E-state index contributed by atoms with van der Waals surface area (Å²) < 4.78 is 2.25. The van der Waals surface area contributed by atoms with Crippen LogP contribution >= 0.6 is 11.3 Å². The highest BCUT2D eigenvalue weighted by molar-refractivity contribution is 7.10. The molecule has 0 fully saturated rings. The van der Waals surface area contributed by atoms with Crippen LogP contribution in [0.15, 0.2) is 57.4 Å². The summed E-state index contributed by atoms with van der Waals surface area (Å²) in [4.78, 5) is 39.0. The Morgan fingerprint density at radius 2 is 1.90 bits per heavy atom. The average Bonchev–Trinajstić information content (AvgIpc) is 3.25. The molecule has 7 nitrogen and oxygen atoms in total. The summed E-state index contributed by atoms with van der Waals surface area (Å²) in [5.41, 5.74) is 5.87. The molecule has 1 atom stereocenters. The fourth-order valence-electron chi connectivity index (χ4n) is 3.36. The molecule has 152 valence electrons. The monoisotopic (exact) mass is 413 g/mol. The van der Waals surface area contributed by atoms with Crippen molar-refractivity contribution in [3.63, 3.8) is 0 Å². The van der Waals surface area contributed by atoms with Gasteiger partial charge in [-0.25, -0.2) is 4.79 Å². The SMILES string of the molecule is CCCn1c(N)c(C(=O)C[NH2+][C@@H](c2ccccc2)c2cccs2)c(=O)n(C)c1=O. The summed E-state index contributed by atoms with van der Waals surface area (Å²) in [6.45, 7) is 2.30. The lowest BCUT2D eigenvalue weighted by molar-refractivity contribution is -0.675. The van der Waals surface area contributed by atoms with Crippen LogP contribution in [-0.4, -0.2) is 21.5 Å². The van der Waals surface area contributed by atoms with E-state index in [1.54, 1.807) is 11.3 Å². The lowest BCUT2D eigenvalue weighted by atomic mass is 10.0. The van der Waals surface area contributed by atoms with Crippen LogP contribution in [0.25, 0.3) is 0 Å². The smallest absolute Gasteiger partial charge is 0.332 e. The number of aromatic nitrogens is 2. The van der Waals surface area contributed by atoms with E-state index < -0.39 is 11.2 Å². The van der Waals surface area contributed by atoms with Gasteiger partial charge in [0.15, 0.2) is 0 Å². The molecule has 29 heavy (non-hydrogen) atoms. The number of rotatable bonds is 8. The predicted molar refractivity (Wildman–Crippen MR) is 114 cm³/mol. The van der Waals surface area contributed by atoms with Crippen LogP contribution in [0, 0.1) is 0 Å². The second-order valence-electron chi connectivity index (χ2n) is 6.83. The third-order valence-electron chi connectivity index (χ3n) is 4.86. The number of nitrogens with two attached hydrogens (primary N) is 2. The molecule has 0 amide bonds. The van der Waals surface area contributed by atoms with E-state index in [1.165, 1.54) is 11.6 Å². The molecule has 0 spiro atoms. The first-order chi connectivity index (χ1) is 14.0. The number of nitrogen functional groups attached to an aromatic ring is 1. The minimum absolute atomic E-state index is 0.0429. The Morgan fingerprint density at radius 3 is 2.52 bits per heavy atom. The quantitative estimate of drug-likeness (QED) is 0.540. The molecule has 8 heteroatoms. The van der Waals surface area contributed by atoms with Crippen LogP contribution in [0.1, 0.15) is 40.2 Å². The maximum Gasteiger partial charge on any atom is 0.332 e. The number of nitrogens with zero attached hydrogens (tertiary/aromatic N) is 2. The summed E-state index contributed by atoms with van der Waals surface area (Å²) in [6, 6.07) is 13.8. The van der Waals surface area contributed by atoms with Gasteiger partial charge >= 0.3 is 5.69 Å². The van der Waals surface area contributed by atoms with Gasteiger partial charge in [0.05, 0.1) is 4.88 Å². The molecule has 3 aromatic rings. The minimum Gasteiger partial charge on any atom is -0.384 e. The van der Waals surface area contributed by atoms with Crippen molar-refractivity contribution in [2.45, 2.75) is 25.9 Å². The van der Waals surface area contributed by atoms with Gasteiger partial charge in [0.2, 0.25) is 5.78 Å². The van der Waals surface area contributed by atoms with E-state index in [1.807, 2.05) is 60.1 Å². The van der Waals surface area contributed by atoms with Crippen molar-refractivity contribution < 1.29 is 10.1 Å². The Hall–Kier alpha value is -2.97. The van der Waals surface area contributed by atoms with Gasteiger partial charge in [0, 0.05) is 19.2 Å². The highest BCUT2D eigenvalue weighted by Gasteiger charge is 2.25. The van der Waals surface area contributed by atoms with Crippen LogP contribution in [0.5, 0.6) is 0 Å². The molecular formula is C21H25N4O3S+. The number of thiophene rings is 1. The predicted octanol–water partition coefficient (Wildman–Crippen LogP) is 1.14. The van der Waals surface area contributed by atoms with E-state index in [9.17, 15) is 14.4 Å². The molecule has 2 heterocycles. The average molecular weight is 414 g/mol. The van der Waals surface area contributed by atoms with E-state index in [2.05, 4.69) is 0 Å². The molecule has 3 rings (SSSR count). The van der Waals surface area contributed by atoms with E-state index in [-0.39, 0.29) is 29.8 Å². The molecule has 0 bridgehead atoms. The zero-order chi connectivity index (χ0) is 21.0. The number of ketones is 1. The highest BCUT2D eigenvalue weighted by atomic mass is 32.1. The lowest BCUT2D eigenvalue weighted by Gasteiger charge is -2.16. The van der Waals surface area contributed by atoms with Crippen molar-refractivity contribution >= 4 is 22.9 Å². The fraction of sp³-hybridized carbons (Fsp3) is 0.286. The summed E-state index contributed by atoms with van der Waals surface area (Å²) in [5.74, 6) is -0.434. The van der Waals surface area contributed by atoms with Crippen molar-refractivity contribution in [1.29, 1.82) is 0 Å². The first-order valence-electron chi connectivity index (χ1n) is 9.49. The Kier molecular flexibility index (Phi) is 6.46. The molecule has 0 aliphatic heterocycles. The molecule has 0 aliphatic rings. The van der Waals surface area contributed by atoms with Crippen molar-refractivity contribution in [3.05, 3.63) is 84.7 Å². The second kappa shape index (κ2) is 9.02. The molecule has 4 N–H and O–H groups in total. The van der Waals surface area contributed by atoms with Gasteiger partial charge in [-0.2, -0.15) is 0 Å². The van der Waals surface area contributed by atoms with Gasteiger partial charge in [0.25, 0.3) is 5.56 Å². The summed E-state index contributed by atoms with van der Waals surface area (Å²) in [6.07, 6.45) is 0.663. The van der Waals surface area contributed by atoms with Crippen LogP contribution in [-0.2, 0) is 13.6 Å². The maximum atomic E-state index is 13.0. The number of anilines is 1. The summed E-state index contributed by atoms with van der Waals surface area (Å²) >= 11 is 1.61. The Balaban J connectivity index is 1.92. The van der Waals surface area contributed by atoms with Crippen LogP contribution in [0.2, 0.25) is 0 Å². The Bertz CT molecular complexity index is 1100. The van der Waals surface area contributed by atoms with Crippen molar-refractivity contribution in [2.75, 3.05) is 12.3 Å². The number of carbonyl (C=O) groups is 1. The molecule has 0 unspecified atom stereocenters. The van der Waals surface area contributed by atoms with E-state index in [4.69, 9.17) is 5.73 Å². The van der Waals surface area contributed by atoms with E-state index >= 15 is 0 Å². The number of quaternary nitrogens is 1. The maximum absolute atomic E-state index is 13.0. The van der Waals surface area contributed by atoms with Crippen LogP contribution in [0.3, 0.4) is 0 Å². The molecule has 0 radical (unpaired) electrons. The second-order valence-corrected chi connectivity index (χ2v) is 7.80. The van der Waals surface area contributed by atoms with E-state index in [0.717, 1.165) is 15.0 Å². The van der Waals surface area contributed by atoms with Gasteiger partial charge in [0.1, 0.15) is 24.0 Å². The Labute approximate surface area is 172 Å². The summed E-state index contributed by atoms with van der Waals surface area (Å²) in [7, 11) is 1.37. The van der Waals surface area contributed by atoms with Gasteiger partial charge in [-0.15, -0.1) is 11.3 Å². The number of hydrogen-bond donors (Lipinski definition) is 2. The number of hydrogen-bond acceptors (Lipinski definition) is 5. The third kappa shape index (κ3) is 4.23. The molecule has 2 aromatic heterocycles. The van der Waals surface area contributed by atoms with Crippen molar-refractivity contribution in [1.82, 2.24) is 9.13 Å². The van der Waals surface area contributed by atoms with Crippen LogP contribution in [0.4, 0.5) is 5.82 Å². The Morgan fingerprint density at radius 1 is 1.17 bits per heavy atom. The van der Waals surface area contributed by atoms with Crippen molar-refractivity contribution in [3.8, 4) is 0 Å². The van der Waals surface area contributed by atoms with Crippen LogP contribution < -0.4 is 22.3 Å². The first kappa shape index (κ1) is 20.8. The van der Waals surface area contributed by atoms with Gasteiger partial charge in [-0.05, 0) is 17.9 Å². The number of benzene rings is 1. The fourth-order valence-corrected chi connectivity index (χ4v) is 4.21. The van der Waals surface area contributed by atoms with E-state index in [0.29, 0.717) is 13.0 Å². The third-order valence-corrected chi connectivity index (χ3v) is 5.81. The zero-order valence-corrected chi connectivity index (χ0v) is 17.3. The first-order valence-corrected chi connectivity index (χ1v) is 10.4. The largest absolute Gasteiger partial charge is 0.384 e. The molecule has 0 saturated carbocycles. The highest BCUT2D eigenvalue weighted by Crippen LogP contribution is 2.22. The normalized spacial score (nSPS) is 12.1. The minimum atomic E-state index is -0.648. The van der Waals surface area contributed by atoms with Gasteiger partial charge in [-0.3, -0.25) is 18.7 Å². The standard InChI is InChI=1S/C21H24N4O3S/c1-3-11-25-19(22)17(20(27)24(2)21(25)28)15(26)13-23-18(16-10-7-12-29-16)14-8-5-4-6-9-14/h4-10,12,18,23H,3,11,13,22H2,1-2H3/p+1/t18-/m0/s1. The summed E-state index contributed by atoms with van der Waals surface area (Å²) in [5, 5.41) is 3.90. The number of carbonyl (C=O) groups excluding carboxylic acids is 1.